The first-order valence-corrected chi connectivity index (χ1v) is 7.44. The number of carbonyl (C=O) groups excluding carboxylic acids is 2. The average molecular weight is 307 g/mol. The number of para-hydroxylation sites is 2. The smallest absolute Gasteiger partial charge is 0.351 e. The molecular formula is C16H21NO5. The number of carbonyl (C=O) groups is 2. The van der Waals surface area contributed by atoms with Gasteiger partial charge in [-0.3, -0.25) is 4.79 Å². The van der Waals surface area contributed by atoms with E-state index in [1.807, 2.05) is 19.9 Å². The summed E-state index contributed by atoms with van der Waals surface area (Å²) in [5.41, 5.74) is 0. The van der Waals surface area contributed by atoms with Crippen molar-refractivity contribution in [3.8, 4) is 11.5 Å². The van der Waals surface area contributed by atoms with Crippen LogP contribution in [0.1, 0.15) is 26.7 Å². The number of esters is 1. The largest absolute Gasteiger partial charge is 0.485 e. The lowest BCUT2D eigenvalue weighted by molar-refractivity contribution is -0.157. The van der Waals surface area contributed by atoms with Gasteiger partial charge in [0.15, 0.2) is 18.1 Å². The molecule has 2 atom stereocenters. The van der Waals surface area contributed by atoms with Gasteiger partial charge in [-0.1, -0.05) is 25.5 Å². The number of fused-ring (bicyclic) bond motifs is 1. The maximum atomic E-state index is 11.9. The second-order valence-electron chi connectivity index (χ2n) is 5.23. The van der Waals surface area contributed by atoms with Gasteiger partial charge in [0.2, 0.25) is 6.10 Å². The van der Waals surface area contributed by atoms with Crippen molar-refractivity contribution < 1.29 is 23.8 Å². The molecule has 0 aliphatic carbocycles. The molecular weight excluding hydrogens is 286 g/mol. The van der Waals surface area contributed by atoms with E-state index in [9.17, 15) is 9.59 Å². The molecule has 0 spiro atoms. The average Bonchev–Trinajstić information content (AvgIpc) is 2.52. The Bertz CT molecular complexity index is 531. The summed E-state index contributed by atoms with van der Waals surface area (Å²) in [6.45, 7) is 3.72. The normalized spacial score (nSPS) is 17.5. The van der Waals surface area contributed by atoms with Crippen molar-refractivity contribution in [2.45, 2.75) is 38.8 Å². The van der Waals surface area contributed by atoms with E-state index in [1.54, 1.807) is 18.2 Å². The van der Waals surface area contributed by atoms with E-state index in [4.69, 9.17) is 14.2 Å². The number of benzene rings is 1. The zero-order chi connectivity index (χ0) is 15.9. The molecule has 1 amide bonds. The molecule has 0 radical (unpaired) electrons. The molecule has 2 rings (SSSR count). The monoisotopic (exact) mass is 307 g/mol. The van der Waals surface area contributed by atoms with E-state index in [0.717, 1.165) is 12.8 Å². The molecule has 0 fully saturated rings. The molecule has 0 aromatic heterocycles. The Balaban J connectivity index is 1.78. The van der Waals surface area contributed by atoms with Crippen molar-refractivity contribution in [1.82, 2.24) is 5.32 Å². The van der Waals surface area contributed by atoms with Gasteiger partial charge in [0.1, 0.15) is 6.61 Å². The predicted molar refractivity (Wildman–Crippen MR) is 79.8 cm³/mol. The van der Waals surface area contributed by atoms with Crippen LogP contribution >= 0.6 is 0 Å². The van der Waals surface area contributed by atoms with Crippen LogP contribution in [0.3, 0.4) is 0 Å². The summed E-state index contributed by atoms with van der Waals surface area (Å²) < 4.78 is 15.9. The first-order chi connectivity index (χ1) is 10.6. The van der Waals surface area contributed by atoms with Gasteiger partial charge in [-0.15, -0.1) is 0 Å². The lowest BCUT2D eigenvalue weighted by atomic mass is 10.2. The Morgan fingerprint density at radius 1 is 1.36 bits per heavy atom. The van der Waals surface area contributed by atoms with Crippen LogP contribution < -0.4 is 14.8 Å². The van der Waals surface area contributed by atoms with Crippen LogP contribution in [0.25, 0.3) is 0 Å². The van der Waals surface area contributed by atoms with Crippen molar-refractivity contribution >= 4 is 11.9 Å². The van der Waals surface area contributed by atoms with Crippen LogP contribution in [-0.4, -0.2) is 37.2 Å². The van der Waals surface area contributed by atoms with Crippen LogP contribution in [0.5, 0.6) is 11.5 Å². The third-order valence-electron chi connectivity index (χ3n) is 3.25. The Labute approximate surface area is 129 Å². The van der Waals surface area contributed by atoms with Crippen LogP contribution in [-0.2, 0) is 14.3 Å². The molecule has 1 aromatic carbocycles. The highest BCUT2D eigenvalue weighted by Gasteiger charge is 2.29. The Morgan fingerprint density at radius 2 is 2.09 bits per heavy atom. The number of rotatable bonds is 6. The lowest BCUT2D eigenvalue weighted by Gasteiger charge is -2.24. The second kappa shape index (κ2) is 7.68. The Kier molecular flexibility index (Phi) is 5.63. The van der Waals surface area contributed by atoms with E-state index in [0.29, 0.717) is 11.5 Å². The quantitative estimate of drug-likeness (QED) is 0.809. The molecule has 1 heterocycles. The summed E-state index contributed by atoms with van der Waals surface area (Å²) in [6.07, 6.45) is 1.01. The molecule has 6 heteroatoms. The lowest BCUT2D eigenvalue weighted by Crippen LogP contribution is -2.41. The number of hydrogen-bond acceptors (Lipinski definition) is 5. The van der Waals surface area contributed by atoms with E-state index in [1.165, 1.54) is 0 Å². The van der Waals surface area contributed by atoms with Crippen molar-refractivity contribution in [2.24, 2.45) is 0 Å². The van der Waals surface area contributed by atoms with E-state index < -0.39 is 12.1 Å². The molecule has 1 aliphatic heterocycles. The SMILES string of the molecule is CCCC(C)NC(=O)COC(=O)C1COc2ccccc2O1. The molecule has 0 saturated heterocycles. The van der Waals surface area contributed by atoms with Crippen LogP contribution in [0.15, 0.2) is 24.3 Å². The van der Waals surface area contributed by atoms with E-state index in [-0.39, 0.29) is 25.2 Å². The highest BCUT2D eigenvalue weighted by atomic mass is 16.6. The standard InChI is InChI=1S/C16H21NO5/c1-3-6-11(2)17-15(18)10-21-16(19)14-9-20-12-7-4-5-8-13(12)22-14/h4-5,7-8,11,14H,3,6,9-10H2,1-2H3,(H,17,18). The van der Waals surface area contributed by atoms with Crippen molar-refractivity contribution in [3.63, 3.8) is 0 Å². The summed E-state index contributed by atoms with van der Waals surface area (Å²) in [6, 6.07) is 7.16. The Morgan fingerprint density at radius 3 is 2.82 bits per heavy atom. The van der Waals surface area contributed by atoms with Gasteiger partial charge < -0.3 is 19.5 Å². The second-order valence-corrected chi connectivity index (χ2v) is 5.23. The number of hydrogen-bond donors (Lipinski definition) is 1. The number of nitrogens with one attached hydrogen (secondary N) is 1. The van der Waals surface area contributed by atoms with Gasteiger partial charge in [0.25, 0.3) is 5.91 Å². The predicted octanol–water partition coefficient (Wildman–Crippen LogP) is 1.67. The van der Waals surface area contributed by atoms with Gasteiger partial charge in [0.05, 0.1) is 0 Å². The minimum absolute atomic E-state index is 0.0670. The first-order valence-electron chi connectivity index (χ1n) is 7.44. The summed E-state index contributed by atoms with van der Waals surface area (Å²) in [5.74, 6) is 0.175. The molecule has 1 aromatic rings. The summed E-state index contributed by atoms with van der Waals surface area (Å²) in [5, 5.41) is 2.77. The summed E-state index contributed by atoms with van der Waals surface area (Å²) in [7, 11) is 0. The number of amides is 1. The molecule has 22 heavy (non-hydrogen) atoms. The maximum absolute atomic E-state index is 11.9. The molecule has 1 aliphatic rings. The van der Waals surface area contributed by atoms with Crippen LogP contribution in [0, 0.1) is 0 Å². The number of ether oxygens (including phenoxy) is 3. The zero-order valence-corrected chi connectivity index (χ0v) is 12.8. The third kappa shape index (κ3) is 4.38. The Hall–Kier alpha value is -2.24. The minimum Gasteiger partial charge on any atom is -0.485 e. The van der Waals surface area contributed by atoms with Gasteiger partial charge >= 0.3 is 5.97 Å². The highest BCUT2D eigenvalue weighted by Crippen LogP contribution is 2.31. The first kappa shape index (κ1) is 16.1. The molecule has 120 valence electrons. The summed E-state index contributed by atoms with van der Waals surface area (Å²) >= 11 is 0. The topological polar surface area (TPSA) is 73.9 Å². The van der Waals surface area contributed by atoms with Crippen molar-refractivity contribution in [1.29, 1.82) is 0 Å². The van der Waals surface area contributed by atoms with E-state index >= 15 is 0 Å². The van der Waals surface area contributed by atoms with E-state index in [2.05, 4.69) is 5.32 Å². The highest BCUT2D eigenvalue weighted by molar-refractivity contribution is 5.82. The van der Waals surface area contributed by atoms with Gasteiger partial charge in [-0.2, -0.15) is 0 Å². The van der Waals surface area contributed by atoms with Gasteiger partial charge in [0, 0.05) is 6.04 Å². The van der Waals surface area contributed by atoms with Crippen molar-refractivity contribution in [3.05, 3.63) is 24.3 Å². The fraction of sp³-hybridized carbons (Fsp3) is 0.500. The van der Waals surface area contributed by atoms with Gasteiger partial charge in [-0.05, 0) is 25.5 Å². The molecule has 1 N–H and O–H groups in total. The molecule has 2 unspecified atom stereocenters. The van der Waals surface area contributed by atoms with Gasteiger partial charge in [-0.25, -0.2) is 4.79 Å². The molecule has 6 nitrogen and oxygen atoms in total. The van der Waals surface area contributed by atoms with Crippen molar-refractivity contribution in [2.75, 3.05) is 13.2 Å². The fourth-order valence-electron chi connectivity index (χ4n) is 2.19. The fourth-order valence-corrected chi connectivity index (χ4v) is 2.19. The third-order valence-corrected chi connectivity index (χ3v) is 3.25. The summed E-state index contributed by atoms with van der Waals surface area (Å²) in [4.78, 5) is 23.6. The maximum Gasteiger partial charge on any atom is 0.351 e. The molecule has 0 bridgehead atoms. The molecule has 0 saturated carbocycles. The van der Waals surface area contributed by atoms with Crippen LogP contribution in [0.2, 0.25) is 0 Å². The zero-order valence-electron chi connectivity index (χ0n) is 12.8. The van der Waals surface area contributed by atoms with Crippen LogP contribution in [0.4, 0.5) is 0 Å². The minimum atomic E-state index is -0.851.